The Morgan fingerprint density at radius 3 is 2.23 bits per heavy atom. The largest absolute Gasteiger partial charge is 0.493 e. The smallest absolute Gasteiger partial charge is 0.161 e. The molecule has 1 atom stereocenters. The maximum Gasteiger partial charge on any atom is 0.161 e. The first-order valence-electron chi connectivity index (χ1n) is 8.68. The van der Waals surface area contributed by atoms with Gasteiger partial charge in [-0.25, -0.2) is 0 Å². The van der Waals surface area contributed by atoms with Gasteiger partial charge in [0.15, 0.2) is 11.5 Å². The van der Waals surface area contributed by atoms with Gasteiger partial charge in [0.25, 0.3) is 0 Å². The third-order valence-electron chi connectivity index (χ3n) is 5.08. The molecule has 0 amide bonds. The molecule has 150 valence electrons. The molecule has 2 saturated heterocycles. The lowest BCUT2D eigenvalue weighted by Crippen LogP contribution is -2.47. The minimum absolute atomic E-state index is 0. The van der Waals surface area contributed by atoms with Crippen LogP contribution in [0.3, 0.4) is 0 Å². The van der Waals surface area contributed by atoms with Crippen LogP contribution < -0.4 is 14.8 Å². The molecular weight excluding hydrogens is 443 g/mol. The van der Waals surface area contributed by atoms with Gasteiger partial charge < -0.3 is 19.5 Å². The van der Waals surface area contributed by atoms with Gasteiger partial charge in [0.05, 0.1) is 14.2 Å². The number of hydrogen-bond donors (Lipinski definition) is 1. The SMILES string of the molecule is COc1cc(Br)c([C@@H](C2CCOCC2)N2CCNCC2)cc1OC.Cl.Cl. The van der Waals surface area contributed by atoms with Gasteiger partial charge in [-0.05, 0) is 36.5 Å². The summed E-state index contributed by atoms with van der Waals surface area (Å²) in [4.78, 5) is 2.61. The maximum absolute atomic E-state index is 5.60. The fourth-order valence-corrected chi connectivity index (χ4v) is 4.39. The normalized spacial score (nSPS) is 19.8. The molecule has 0 aliphatic carbocycles. The van der Waals surface area contributed by atoms with Crippen LogP contribution in [0, 0.1) is 5.92 Å². The molecular formula is C18H29BrCl2N2O3. The number of rotatable bonds is 5. The Labute approximate surface area is 177 Å². The number of hydrogen-bond acceptors (Lipinski definition) is 5. The van der Waals surface area contributed by atoms with Gasteiger partial charge in [-0.3, -0.25) is 4.90 Å². The number of nitrogens with one attached hydrogen (secondary N) is 1. The molecule has 1 aromatic carbocycles. The Hall–Kier alpha value is -0.240. The minimum atomic E-state index is 0. The molecule has 0 bridgehead atoms. The highest BCUT2D eigenvalue weighted by Gasteiger charge is 2.33. The van der Waals surface area contributed by atoms with Gasteiger partial charge in [-0.2, -0.15) is 0 Å². The molecule has 2 fully saturated rings. The molecule has 0 radical (unpaired) electrons. The third kappa shape index (κ3) is 5.40. The van der Waals surface area contributed by atoms with Crippen molar-refractivity contribution in [3.8, 4) is 11.5 Å². The summed E-state index contributed by atoms with van der Waals surface area (Å²) in [5.74, 6) is 2.16. The summed E-state index contributed by atoms with van der Waals surface area (Å²) in [5.41, 5.74) is 1.29. The van der Waals surface area contributed by atoms with Gasteiger partial charge in [0.2, 0.25) is 0 Å². The molecule has 2 aliphatic heterocycles. The summed E-state index contributed by atoms with van der Waals surface area (Å²) in [6.45, 7) is 5.96. The van der Waals surface area contributed by atoms with E-state index in [0.29, 0.717) is 12.0 Å². The van der Waals surface area contributed by atoms with Gasteiger partial charge in [-0.1, -0.05) is 15.9 Å². The molecule has 1 N–H and O–H groups in total. The first-order chi connectivity index (χ1) is 11.7. The first-order valence-corrected chi connectivity index (χ1v) is 9.48. The van der Waals surface area contributed by atoms with Crippen molar-refractivity contribution in [3.63, 3.8) is 0 Å². The van der Waals surface area contributed by atoms with Crippen molar-refractivity contribution < 1.29 is 14.2 Å². The lowest BCUT2D eigenvalue weighted by molar-refractivity contribution is 0.0210. The molecule has 0 spiro atoms. The lowest BCUT2D eigenvalue weighted by atomic mass is 9.85. The Morgan fingerprint density at radius 2 is 1.65 bits per heavy atom. The first kappa shape index (κ1) is 23.8. The van der Waals surface area contributed by atoms with E-state index in [0.717, 1.165) is 68.2 Å². The van der Waals surface area contributed by atoms with E-state index in [4.69, 9.17) is 14.2 Å². The average Bonchev–Trinajstić information content (AvgIpc) is 2.64. The highest BCUT2D eigenvalue weighted by molar-refractivity contribution is 9.10. The number of ether oxygens (including phenoxy) is 3. The lowest BCUT2D eigenvalue weighted by Gasteiger charge is -2.41. The van der Waals surface area contributed by atoms with Crippen LogP contribution in [0.5, 0.6) is 11.5 Å². The molecule has 2 aliphatic rings. The predicted octanol–water partition coefficient (Wildman–Crippen LogP) is 3.68. The molecule has 26 heavy (non-hydrogen) atoms. The van der Waals surface area contributed by atoms with Gasteiger partial charge >= 0.3 is 0 Å². The molecule has 5 nitrogen and oxygen atoms in total. The molecule has 2 heterocycles. The fraction of sp³-hybridized carbons (Fsp3) is 0.667. The second kappa shape index (κ2) is 11.6. The van der Waals surface area contributed by atoms with Gasteiger partial charge in [0.1, 0.15) is 0 Å². The van der Waals surface area contributed by atoms with Crippen molar-refractivity contribution in [2.75, 3.05) is 53.6 Å². The van der Waals surface area contributed by atoms with Crippen molar-refractivity contribution in [3.05, 3.63) is 22.2 Å². The minimum Gasteiger partial charge on any atom is -0.493 e. The van der Waals surface area contributed by atoms with E-state index in [1.54, 1.807) is 14.2 Å². The van der Waals surface area contributed by atoms with E-state index < -0.39 is 0 Å². The van der Waals surface area contributed by atoms with Gasteiger partial charge in [-0.15, -0.1) is 24.8 Å². The Morgan fingerprint density at radius 1 is 1.08 bits per heavy atom. The summed E-state index contributed by atoms with van der Waals surface area (Å²) in [5, 5.41) is 3.46. The topological polar surface area (TPSA) is 43.0 Å². The van der Waals surface area contributed by atoms with Crippen LogP contribution in [0.1, 0.15) is 24.4 Å². The fourth-order valence-electron chi connectivity index (χ4n) is 3.84. The summed E-state index contributed by atoms with van der Waals surface area (Å²) in [6.07, 6.45) is 2.21. The Kier molecular flexibility index (Phi) is 10.6. The molecule has 0 saturated carbocycles. The summed E-state index contributed by atoms with van der Waals surface area (Å²) in [6, 6.07) is 4.55. The van der Waals surface area contributed by atoms with E-state index in [1.807, 2.05) is 6.07 Å². The van der Waals surface area contributed by atoms with Crippen molar-refractivity contribution in [1.29, 1.82) is 0 Å². The van der Waals surface area contributed by atoms with E-state index in [2.05, 4.69) is 32.2 Å². The predicted molar refractivity (Wildman–Crippen MR) is 112 cm³/mol. The maximum atomic E-state index is 5.60. The van der Waals surface area contributed by atoms with E-state index in [-0.39, 0.29) is 24.8 Å². The second-order valence-corrected chi connectivity index (χ2v) is 7.26. The molecule has 8 heteroatoms. The second-order valence-electron chi connectivity index (χ2n) is 6.41. The number of halogens is 3. The number of nitrogens with zero attached hydrogens (tertiary/aromatic N) is 1. The standard InChI is InChI=1S/C18H27BrN2O3.2ClH/c1-22-16-11-14(15(19)12-17(16)23-2)18(13-3-9-24-10-4-13)21-7-5-20-6-8-21;;/h11-13,18,20H,3-10H2,1-2H3;2*1H/t18-;;/m1../s1. The average molecular weight is 472 g/mol. The van der Waals surface area contributed by atoms with Crippen LogP contribution in [0.25, 0.3) is 0 Å². The van der Waals surface area contributed by atoms with E-state index >= 15 is 0 Å². The number of benzene rings is 1. The van der Waals surface area contributed by atoms with E-state index in [1.165, 1.54) is 5.56 Å². The van der Waals surface area contributed by atoms with Crippen molar-refractivity contribution in [1.82, 2.24) is 10.2 Å². The van der Waals surface area contributed by atoms with Crippen molar-refractivity contribution in [2.24, 2.45) is 5.92 Å². The molecule has 1 aromatic rings. The molecule has 0 aromatic heterocycles. The Balaban J connectivity index is 0.00000169. The van der Waals surface area contributed by atoms with Crippen LogP contribution >= 0.6 is 40.7 Å². The highest BCUT2D eigenvalue weighted by Crippen LogP contribution is 2.43. The van der Waals surface area contributed by atoms with Crippen LogP contribution in [0.15, 0.2) is 16.6 Å². The van der Waals surface area contributed by atoms with Crippen molar-refractivity contribution in [2.45, 2.75) is 18.9 Å². The Bertz CT molecular complexity index is 535. The summed E-state index contributed by atoms with van der Waals surface area (Å²) in [7, 11) is 3.38. The summed E-state index contributed by atoms with van der Waals surface area (Å²) >= 11 is 3.78. The molecule has 3 rings (SSSR count). The number of methoxy groups -OCH3 is 2. The monoisotopic (exact) mass is 470 g/mol. The van der Waals surface area contributed by atoms with E-state index in [9.17, 15) is 0 Å². The zero-order valence-electron chi connectivity index (χ0n) is 15.3. The number of piperazine rings is 1. The zero-order valence-corrected chi connectivity index (χ0v) is 18.6. The van der Waals surface area contributed by atoms with Crippen LogP contribution in [-0.4, -0.2) is 58.5 Å². The van der Waals surface area contributed by atoms with Crippen LogP contribution in [0.2, 0.25) is 0 Å². The van der Waals surface area contributed by atoms with Crippen LogP contribution in [-0.2, 0) is 4.74 Å². The van der Waals surface area contributed by atoms with Crippen LogP contribution in [0.4, 0.5) is 0 Å². The third-order valence-corrected chi connectivity index (χ3v) is 5.77. The highest BCUT2D eigenvalue weighted by atomic mass is 79.9. The van der Waals surface area contributed by atoms with Crippen molar-refractivity contribution >= 4 is 40.7 Å². The zero-order chi connectivity index (χ0) is 16.9. The van der Waals surface area contributed by atoms with Gasteiger partial charge in [0, 0.05) is 49.9 Å². The molecule has 0 unspecified atom stereocenters. The summed E-state index contributed by atoms with van der Waals surface area (Å²) < 4.78 is 17.7. The quantitative estimate of drug-likeness (QED) is 0.709.